The van der Waals surface area contributed by atoms with Gasteiger partial charge in [-0.2, -0.15) is 4.58 Å². The summed E-state index contributed by atoms with van der Waals surface area (Å²) in [7, 11) is 4.46. The van der Waals surface area contributed by atoms with Gasteiger partial charge >= 0.3 is 0 Å². The number of rotatable bonds is 4. The first-order valence-corrected chi connectivity index (χ1v) is 16.1. The summed E-state index contributed by atoms with van der Waals surface area (Å²) < 4.78 is 2.37. The minimum atomic E-state index is -0.0976. The van der Waals surface area contributed by atoms with Gasteiger partial charge in [0.25, 0.3) is 0 Å². The Kier molecular flexibility index (Phi) is 6.71. The van der Waals surface area contributed by atoms with Crippen molar-refractivity contribution in [3.8, 4) is 0 Å². The monoisotopic (exact) mass is 585 g/mol. The molecule has 0 saturated carbocycles. The third-order valence-electron chi connectivity index (χ3n) is 10.6. The first-order valence-electron chi connectivity index (χ1n) is 15.8. The summed E-state index contributed by atoms with van der Waals surface area (Å²) >= 11 is 7.19. The molecular weight excluding hydrogens is 544 g/mol. The Bertz CT molecular complexity index is 1920. The lowest BCUT2D eigenvalue weighted by Gasteiger charge is -2.32. The zero-order chi connectivity index (χ0) is 30.1. The highest BCUT2D eigenvalue weighted by atomic mass is 35.5. The summed E-state index contributed by atoms with van der Waals surface area (Å²) in [6, 6.07) is 27.0. The normalized spacial score (nSPS) is 22.0. The molecule has 1 atom stereocenters. The highest BCUT2D eigenvalue weighted by Gasteiger charge is 2.45. The lowest BCUT2D eigenvalue weighted by Crippen LogP contribution is -2.39. The van der Waals surface area contributed by atoms with Crippen molar-refractivity contribution in [3.63, 3.8) is 0 Å². The Morgan fingerprint density at radius 3 is 2.21 bits per heavy atom. The molecule has 7 rings (SSSR count). The van der Waals surface area contributed by atoms with Gasteiger partial charge in [-0.05, 0) is 89.9 Å². The lowest BCUT2D eigenvalue weighted by atomic mass is 9.77. The summed E-state index contributed by atoms with van der Waals surface area (Å²) in [6.07, 6.45) is 11.2. The van der Waals surface area contributed by atoms with E-state index >= 15 is 0 Å². The molecule has 1 unspecified atom stereocenters. The van der Waals surface area contributed by atoms with Gasteiger partial charge < -0.3 is 4.90 Å². The second-order valence-electron chi connectivity index (χ2n) is 13.8. The molecule has 3 heteroatoms. The van der Waals surface area contributed by atoms with Crippen LogP contribution in [0, 0.1) is 0 Å². The van der Waals surface area contributed by atoms with Gasteiger partial charge in [0, 0.05) is 46.9 Å². The van der Waals surface area contributed by atoms with E-state index in [0.29, 0.717) is 6.04 Å². The van der Waals surface area contributed by atoms with Crippen LogP contribution >= 0.6 is 11.6 Å². The minimum absolute atomic E-state index is 0.0318. The number of hydrogen-bond donors (Lipinski definition) is 0. The number of benzene rings is 4. The van der Waals surface area contributed by atoms with Crippen molar-refractivity contribution in [2.45, 2.75) is 70.3 Å². The zero-order valence-corrected chi connectivity index (χ0v) is 27.1. The quantitative estimate of drug-likeness (QED) is 0.216. The molecule has 3 aliphatic rings. The second kappa shape index (κ2) is 10.2. The topological polar surface area (TPSA) is 6.25 Å². The number of halogens is 1. The van der Waals surface area contributed by atoms with Crippen LogP contribution in [0.3, 0.4) is 0 Å². The van der Waals surface area contributed by atoms with Crippen molar-refractivity contribution in [1.82, 2.24) is 0 Å². The molecule has 0 bridgehead atoms. The number of likely N-dealkylation sites (N-methyl/N-ethyl adjacent to an activating group) is 1. The molecule has 43 heavy (non-hydrogen) atoms. The highest BCUT2D eigenvalue weighted by Crippen LogP contribution is 2.49. The molecule has 0 fully saturated rings. The smallest absolute Gasteiger partial charge is 0.210 e. The first kappa shape index (κ1) is 28.2. The Morgan fingerprint density at radius 2 is 1.49 bits per heavy atom. The largest absolute Gasteiger partial charge is 0.370 e. The van der Waals surface area contributed by atoms with Gasteiger partial charge in [0.15, 0.2) is 5.71 Å². The van der Waals surface area contributed by atoms with E-state index < -0.39 is 0 Å². The number of fused-ring (bicyclic) bond motifs is 6. The van der Waals surface area contributed by atoms with E-state index in [2.05, 4.69) is 142 Å². The van der Waals surface area contributed by atoms with Crippen LogP contribution in [0.15, 0.2) is 107 Å². The maximum atomic E-state index is 7.19. The summed E-state index contributed by atoms with van der Waals surface area (Å²) in [5.74, 6) is 0. The molecule has 2 heterocycles. The first-order chi connectivity index (χ1) is 20.6. The number of allylic oxidation sites excluding steroid dienone is 5. The van der Waals surface area contributed by atoms with E-state index in [9.17, 15) is 0 Å². The minimum Gasteiger partial charge on any atom is -0.370 e. The molecule has 1 aliphatic carbocycles. The predicted molar refractivity (Wildman–Crippen MR) is 186 cm³/mol. The van der Waals surface area contributed by atoms with E-state index in [1.165, 1.54) is 60.9 Å². The maximum Gasteiger partial charge on any atom is 0.210 e. The van der Waals surface area contributed by atoms with Crippen molar-refractivity contribution in [1.29, 1.82) is 0 Å². The van der Waals surface area contributed by atoms with Crippen molar-refractivity contribution in [3.05, 3.63) is 118 Å². The number of nitrogens with zero attached hydrogens (tertiary/aromatic N) is 2. The van der Waals surface area contributed by atoms with Crippen LogP contribution in [0.1, 0.15) is 64.5 Å². The molecule has 0 saturated heterocycles. The van der Waals surface area contributed by atoms with Gasteiger partial charge in [0.2, 0.25) is 5.69 Å². The molecule has 2 aliphatic heterocycles. The molecule has 2 nitrogen and oxygen atoms in total. The van der Waals surface area contributed by atoms with E-state index in [-0.39, 0.29) is 10.8 Å². The van der Waals surface area contributed by atoms with Crippen molar-refractivity contribution < 1.29 is 4.58 Å². The van der Waals surface area contributed by atoms with Gasteiger partial charge in [-0.1, -0.05) is 92.2 Å². The zero-order valence-electron chi connectivity index (χ0n) is 26.3. The standard InChI is InChI=1S/C40H42ClN2/c1-39(2)34(42(5)32-22-18-26-12-7-9-16-30(26)36(32)39)24-20-28-14-11-15-29(38(28)41)21-25-35-40(3,4)37-31-17-10-8-13-27(31)19-23-33(37)43(35)6/h7-10,12-13,16-24,35H,11,14-15,25H2,1-6H3/q+1/b24-20+,29-21-. The third-order valence-corrected chi connectivity index (χ3v) is 11.1. The lowest BCUT2D eigenvalue weighted by molar-refractivity contribution is -0.401. The summed E-state index contributed by atoms with van der Waals surface area (Å²) in [5, 5.41) is 6.29. The molecule has 4 aromatic carbocycles. The van der Waals surface area contributed by atoms with Crippen LogP contribution in [0.2, 0.25) is 0 Å². The van der Waals surface area contributed by atoms with Crippen LogP contribution in [0.4, 0.5) is 11.4 Å². The van der Waals surface area contributed by atoms with Crippen LogP contribution < -0.4 is 4.90 Å². The second-order valence-corrected chi connectivity index (χ2v) is 14.1. The SMILES string of the molecule is CN1c2ccc3ccccc3c2C(C)(C)C1C/C=C1/CCCC(/C=C/C2=[N+](C)c3ccc4ccccc4c3C2(C)C)=C1Cl. The fourth-order valence-corrected chi connectivity index (χ4v) is 8.70. The predicted octanol–water partition coefficient (Wildman–Crippen LogP) is 10.3. The van der Waals surface area contributed by atoms with E-state index in [1.807, 2.05) is 0 Å². The fraction of sp³-hybridized carbons (Fsp3) is 0.325. The Morgan fingerprint density at radius 1 is 0.837 bits per heavy atom. The molecule has 0 spiro atoms. The van der Waals surface area contributed by atoms with Gasteiger partial charge in [0.05, 0.1) is 5.41 Å². The number of anilines is 1. The molecule has 0 aromatic heterocycles. The summed E-state index contributed by atoms with van der Waals surface area (Å²) in [5.41, 5.74) is 9.34. The van der Waals surface area contributed by atoms with Crippen molar-refractivity contribution >= 4 is 50.2 Å². The Balaban J connectivity index is 1.17. The molecule has 218 valence electrons. The van der Waals surface area contributed by atoms with Gasteiger partial charge in [-0.25, -0.2) is 0 Å². The molecule has 0 N–H and O–H groups in total. The van der Waals surface area contributed by atoms with Gasteiger partial charge in [0.1, 0.15) is 7.05 Å². The van der Waals surface area contributed by atoms with Gasteiger partial charge in [-0.15, -0.1) is 0 Å². The fourth-order valence-electron chi connectivity index (χ4n) is 8.37. The Hall–Kier alpha value is -3.62. The maximum absolute atomic E-state index is 7.19. The van der Waals surface area contributed by atoms with Crippen molar-refractivity contribution in [2.75, 3.05) is 19.0 Å². The average Bonchev–Trinajstić information content (AvgIpc) is 3.33. The van der Waals surface area contributed by atoms with Crippen LogP contribution in [0.25, 0.3) is 21.5 Å². The highest BCUT2D eigenvalue weighted by molar-refractivity contribution is 6.32. The van der Waals surface area contributed by atoms with E-state index in [0.717, 1.165) is 30.7 Å². The van der Waals surface area contributed by atoms with E-state index in [1.54, 1.807) is 0 Å². The number of hydrogen-bond acceptors (Lipinski definition) is 1. The van der Waals surface area contributed by atoms with Crippen molar-refractivity contribution in [2.24, 2.45) is 0 Å². The molecule has 0 amide bonds. The summed E-state index contributed by atoms with van der Waals surface area (Å²) in [4.78, 5) is 2.50. The van der Waals surface area contributed by atoms with Crippen LogP contribution in [-0.4, -0.2) is 30.4 Å². The molecular formula is C40H42ClN2+. The summed E-state index contributed by atoms with van der Waals surface area (Å²) in [6.45, 7) is 9.53. The molecule has 0 radical (unpaired) electrons. The van der Waals surface area contributed by atoms with Gasteiger partial charge in [-0.3, -0.25) is 0 Å². The Labute approximate surface area is 261 Å². The van der Waals surface area contributed by atoms with Crippen LogP contribution in [0.5, 0.6) is 0 Å². The van der Waals surface area contributed by atoms with Crippen LogP contribution in [-0.2, 0) is 10.8 Å². The molecule has 4 aromatic rings. The van der Waals surface area contributed by atoms with E-state index in [4.69, 9.17) is 11.6 Å². The average molecular weight is 586 g/mol. The third kappa shape index (κ3) is 4.32.